The number of rotatable bonds is 3. The number of fused-ring (bicyclic) bond motifs is 3. The van der Waals surface area contributed by atoms with Crippen LogP contribution >= 0.6 is 0 Å². The molecule has 0 spiro atoms. The number of aromatic nitrogens is 3. The van der Waals surface area contributed by atoms with E-state index in [4.69, 9.17) is 0 Å². The second kappa shape index (κ2) is 4.63. The average molecular weight is 254 g/mol. The molecule has 0 aliphatic rings. The predicted octanol–water partition coefficient (Wildman–Crippen LogP) is 2.45. The van der Waals surface area contributed by atoms with Crippen molar-refractivity contribution >= 4 is 21.9 Å². The maximum Gasteiger partial charge on any atom is 0.107 e. The van der Waals surface area contributed by atoms with Crippen LogP contribution in [-0.2, 0) is 6.54 Å². The van der Waals surface area contributed by atoms with Crippen molar-refractivity contribution in [3.63, 3.8) is 0 Å². The second-order valence-electron chi connectivity index (χ2n) is 5.25. The zero-order valence-electron chi connectivity index (χ0n) is 11.6. The fourth-order valence-electron chi connectivity index (χ4n) is 2.35. The lowest BCUT2D eigenvalue weighted by molar-refractivity contribution is 0.386. The van der Waals surface area contributed by atoms with Gasteiger partial charge in [-0.25, -0.2) is 4.98 Å². The lowest BCUT2D eigenvalue weighted by Gasteiger charge is -2.11. The van der Waals surface area contributed by atoms with Crippen molar-refractivity contribution in [2.24, 2.45) is 0 Å². The molecule has 19 heavy (non-hydrogen) atoms. The predicted molar refractivity (Wildman–Crippen MR) is 78.3 cm³/mol. The number of hydrogen-bond acceptors (Lipinski definition) is 3. The van der Waals surface area contributed by atoms with Crippen LogP contribution in [0.3, 0.4) is 0 Å². The van der Waals surface area contributed by atoms with Crippen LogP contribution in [0.2, 0.25) is 0 Å². The van der Waals surface area contributed by atoms with Crippen LogP contribution in [-0.4, -0.2) is 40.1 Å². The minimum atomic E-state index is 0.941. The van der Waals surface area contributed by atoms with E-state index in [1.807, 2.05) is 12.5 Å². The molecule has 0 aliphatic carbocycles. The third kappa shape index (κ3) is 2.19. The van der Waals surface area contributed by atoms with Crippen LogP contribution in [0, 0.1) is 6.92 Å². The molecule has 98 valence electrons. The molecule has 0 atom stereocenters. The van der Waals surface area contributed by atoms with E-state index in [2.05, 4.69) is 58.7 Å². The Morgan fingerprint density at radius 1 is 1.16 bits per heavy atom. The Balaban J connectivity index is 2.20. The van der Waals surface area contributed by atoms with E-state index >= 15 is 0 Å². The van der Waals surface area contributed by atoms with Crippen molar-refractivity contribution < 1.29 is 0 Å². The maximum absolute atomic E-state index is 4.47. The molecule has 0 fully saturated rings. The molecule has 0 saturated heterocycles. The molecule has 0 bridgehead atoms. The van der Waals surface area contributed by atoms with Crippen LogP contribution in [0.15, 0.2) is 30.7 Å². The Kier molecular flexibility index (Phi) is 2.95. The molecule has 3 aromatic rings. The molecule has 0 aliphatic heterocycles. The average Bonchev–Trinajstić information content (AvgIpc) is 2.79. The highest BCUT2D eigenvalue weighted by Crippen LogP contribution is 2.23. The number of likely N-dealkylation sites (N-methyl/N-ethyl adjacent to an activating group) is 1. The van der Waals surface area contributed by atoms with Crippen molar-refractivity contribution in [3.8, 4) is 0 Å². The second-order valence-corrected chi connectivity index (χ2v) is 5.25. The molecule has 4 heteroatoms. The van der Waals surface area contributed by atoms with Gasteiger partial charge >= 0.3 is 0 Å². The van der Waals surface area contributed by atoms with Crippen LogP contribution in [0.25, 0.3) is 21.9 Å². The topological polar surface area (TPSA) is 34.0 Å². The van der Waals surface area contributed by atoms with Crippen molar-refractivity contribution in [3.05, 3.63) is 36.3 Å². The van der Waals surface area contributed by atoms with Gasteiger partial charge in [-0.05, 0) is 33.2 Å². The molecule has 2 heterocycles. The zero-order chi connectivity index (χ0) is 13.4. The number of benzene rings is 1. The van der Waals surface area contributed by atoms with Gasteiger partial charge in [0, 0.05) is 18.5 Å². The molecule has 0 N–H and O–H groups in total. The van der Waals surface area contributed by atoms with Gasteiger partial charge in [-0.2, -0.15) is 0 Å². The Bertz CT molecular complexity index is 727. The highest BCUT2D eigenvalue weighted by atomic mass is 15.1. The van der Waals surface area contributed by atoms with E-state index in [0.717, 1.165) is 24.1 Å². The Hall–Kier alpha value is -1.94. The van der Waals surface area contributed by atoms with Gasteiger partial charge in [-0.1, -0.05) is 11.6 Å². The lowest BCUT2D eigenvalue weighted by Crippen LogP contribution is -2.18. The first-order chi connectivity index (χ1) is 9.15. The summed E-state index contributed by atoms with van der Waals surface area (Å²) >= 11 is 0. The van der Waals surface area contributed by atoms with Crippen LogP contribution < -0.4 is 0 Å². The molecule has 3 rings (SSSR count). The molecule has 0 amide bonds. The highest BCUT2D eigenvalue weighted by Gasteiger charge is 2.08. The van der Waals surface area contributed by atoms with Gasteiger partial charge < -0.3 is 9.47 Å². The van der Waals surface area contributed by atoms with Gasteiger partial charge in [0.25, 0.3) is 0 Å². The first-order valence-electron chi connectivity index (χ1n) is 6.50. The van der Waals surface area contributed by atoms with E-state index in [-0.39, 0.29) is 0 Å². The summed E-state index contributed by atoms with van der Waals surface area (Å²) in [5.74, 6) is 0. The third-order valence-electron chi connectivity index (χ3n) is 3.39. The van der Waals surface area contributed by atoms with Crippen molar-refractivity contribution in [1.29, 1.82) is 0 Å². The van der Waals surface area contributed by atoms with Crippen molar-refractivity contribution in [1.82, 2.24) is 19.4 Å². The minimum absolute atomic E-state index is 0.941. The Labute approximate surface area is 112 Å². The number of imidazole rings is 1. The third-order valence-corrected chi connectivity index (χ3v) is 3.39. The van der Waals surface area contributed by atoms with Crippen LogP contribution in [0.1, 0.15) is 5.56 Å². The fourth-order valence-corrected chi connectivity index (χ4v) is 2.35. The highest BCUT2D eigenvalue weighted by molar-refractivity contribution is 6.02. The molecule has 0 saturated carbocycles. The summed E-state index contributed by atoms with van der Waals surface area (Å²) < 4.78 is 2.22. The summed E-state index contributed by atoms with van der Waals surface area (Å²) in [6, 6.07) is 6.37. The molecule has 2 aromatic heterocycles. The van der Waals surface area contributed by atoms with E-state index in [1.165, 1.54) is 16.5 Å². The van der Waals surface area contributed by atoms with Gasteiger partial charge in [-0.15, -0.1) is 0 Å². The summed E-state index contributed by atoms with van der Waals surface area (Å²) in [4.78, 5) is 11.1. The summed E-state index contributed by atoms with van der Waals surface area (Å²) in [5, 5.41) is 1.19. The molecule has 0 radical (unpaired) electrons. The molecular formula is C15H18N4. The van der Waals surface area contributed by atoms with Crippen LogP contribution in [0.5, 0.6) is 0 Å². The molecular weight excluding hydrogens is 236 g/mol. The van der Waals surface area contributed by atoms with E-state index < -0.39 is 0 Å². The quantitative estimate of drug-likeness (QED) is 0.720. The van der Waals surface area contributed by atoms with Gasteiger partial charge in [0.2, 0.25) is 0 Å². The largest absolute Gasteiger partial charge is 0.329 e. The number of nitrogens with zero attached hydrogens (tertiary/aromatic N) is 4. The SMILES string of the molecule is Cc1ccc2ncc3ncn(CCN(C)C)c3c2c1. The monoisotopic (exact) mass is 254 g/mol. The van der Waals surface area contributed by atoms with Gasteiger partial charge in [0.05, 0.1) is 23.6 Å². The fraction of sp³-hybridized carbons (Fsp3) is 0.333. The van der Waals surface area contributed by atoms with Crippen molar-refractivity contribution in [2.75, 3.05) is 20.6 Å². The van der Waals surface area contributed by atoms with Crippen molar-refractivity contribution in [2.45, 2.75) is 13.5 Å². The minimum Gasteiger partial charge on any atom is -0.329 e. The lowest BCUT2D eigenvalue weighted by atomic mass is 10.1. The standard InChI is InChI=1S/C15H18N4/c1-11-4-5-13-12(8-11)15-14(9-16-13)17-10-19(15)7-6-18(2)3/h4-5,8-10H,6-7H2,1-3H3. The summed E-state index contributed by atoms with van der Waals surface area (Å²) in [5.41, 5.74) is 4.44. The Morgan fingerprint density at radius 3 is 2.79 bits per heavy atom. The summed E-state index contributed by atoms with van der Waals surface area (Å²) in [6.45, 7) is 4.05. The summed E-state index contributed by atoms with van der Waals surface area (Å²) in [6.07, 6.45) is 3.77. The molecule has 0 unspecified atom stereocenters. The Morgan fingerprint density at radius 2 is 2.00 bits per heavy atom. The number of aryl methyl sites for hydroxylation is 1. The zero-order valence-corrected chi connectivity index (χ0v) is 11.6. The number of pyridine rings is 1. The van der Waals surface area contributed by atoms with Gasteiger partial charge in [-0.3, -0.25) is 4.98 Å². The summed E-state index contributed by atoms with van der Waals surface area (Å²) in [7, 11) is 4.17. The number of hydrogen-bond donors (Lipinski definition) is 0. The smallest absolute Gasteiger partial charge is 0.107 e. The first kappa shape index (κ1) is 12.1. The van der Waals surface area contributed by atoms with Crippen LogP contribution in [0.4, 0.5) is 0 Å². The van der Waals surface area contributed by atoms with E-state index in [0.29, 0.717) is 0 Å². The van der Waals surface area contributed by atoms with Gasteiger partial charge in [0.1, 0.15) is 5.52 Å². The molecule has 4 nitrogen and oxygen atoms in total. The van der Waals surface area contributed by atoms with Gasteiger partial charge in [0.15, 0.2) is 0 Å². The first-order valence-corrected chi connectivity index (χ1v) is 6.50. The normalized spacial score (nSPS) is 11.8. The van der Waals surface area contributed by atoms with E-state index in [9.17, 15) is 0 Å². The maximum atomic E-state index is 4.47. The van der Waals surface area contributed by atoms with E-state index in [1.54, 1.807) is 0 Å². The molecule has 1 aromatic carbocycles.